The number of fused-ring (bicyclic) bond motifs is 1. The number of nitrogen functional groups attached to an aromatic ring is 1. The summed E-state index contributed by atoms with van der Waals surface area (Å²) in [6.07, 6.45) is 4.03. The highest BCUT2D eigenvalue weighted by atomic mass is 15.1. The van der Waals surface area contributed by atoms with Crippen LogP contribution in [-0.4, -0.2) is 18.0 Å². The monoisotopic (exact) mass is 268 g/mol. The van der Waals surface area contributed by atoms with Gasteiger partial charge in [0.25, 0.3) is 0 Å². The SMILES string of the molecule is CCCN(Cc1cc2ccccc2cc1N)CC1CC1. The van der Waals surface area contributed by atoms with E-state index in [9.17, 15) is 0 Å². The lowest BCUT2D eigenvalue weighted by Crippen LogP contribution is -2.26. The maximum Gasteiger partial charge on any atom is 0.0366 e. The molecule has 0 amide bonds. The molecule has 0 heterocycles. The lowest BCUT2D eigenvalue weighted by Gasteiger charge is -2.22. The summed E-state index contributed by atoms with van der Waals surface area (Å²) in [5.74, 6) is 0.934. The van der Waals surface area contributed by atoms with Crippen LogP contribution in [0.4, 0.5) is 5.69 Å². The van der Waals surface area contributed by atoms with Crippen LogP contribution < -0.4 is 5.73 Å². The van der Waals surface area contributed by atoms with E-state index in [1.165, 1.54) is 48.7 Å². The number of nitrogens with two attached hydrogens (primary N) is 1. The molecule has 20 heavy (non-hydrogen) atoms. The summed E-state index contributed by atoms with van der Waals surface area (Å²) in [6, 6.07) is 12.8. The zero-order chi connectivity index (χ0) is 13.9. The van der Waals surface area contributed by atoms with Crippen LogP contribution in [0.2, 0.25) is 0 Å². The van der Waals surface area contributed by atoms with Crippen molar-refractivity contribution in [2.24, 2.45) is 5.92 Å². The predicted molar refractivity (Wildman–Crippen MR) is 86.7 cm³/mol. The van der Waals surface area contributed by atoms with Gasteiger partial charge in [-0.05, 0) is 60.2 Å². The molecule has 1 aliphatic carbocycles. The van der Waals surface area contributed by atoms with Gasteiger partial charge in [-0.15, -0.1) is 0 Å². The minimum absolute atomic E-state index is 0.931. The molecule has 0 bridgehead atoms. The van der Waals surface area contributed by atoms with Crippen molar-refractivity contribution in [1.29, 1.82) is 0 Å². The number of hydrogen-bond donors (Lipinski definition) is 1. The van der Waals surface area contributed by atoms with Gasteiger partial charge in [-0.2, -0.15) is 0 Å². The predicted octanol–water partition coefficient (Wildman–Crippen LogP) is 4.04. The number of hydrogen-bond acceptors (Lipinski definition) is 2. The fraction of sp³-hybridized carbons (Fsp3) is 0.444. The maximum absolute atomic E-state index is 6.25. The molecule has 3 rings (SSSR count). The number of nitrogens with zero attached hydrogens (tertiary/aromatic N) is 1. The van der Waals surface area contributed by atoms with Crippen molar-refractivity contribution < 1.29 is 0 Å². The Morgan fingerprint density at radius 3 is 2.50 bits per heavy atom. The zero-order valence-electron chi connectivity index (χ0n) is 12.3. The Hall–Kier alpha value is -1.54. The molecule has 0 spiro atoms. The summed E-state index contributed by atoms with van der Waals surface area (Å²) in [4.78, 5) is 2.57. The van der Waals surface area contributed by atoms with E-state index in [1.807, 2.05) is 0 Å². The minimum atomic E-state index is 0.931. The Morgan fingerprint density at radius 2 is 1.85 bits per heavy atom. The Bertz CT molecular complexity index is 587. The standard InChI is InChI=1S/C18H24N2/c1-2-9-20(12-14-7-8-14)13-17-10-15-5-3-4-6-16(15)11-18(17)19/h3-6,10-11,14H,2,7-9,12-13,19H2,1H3. The molecule has 1 aliphatic rings. The molecule has 2 aromatic rings. The van der Waals surface area contributed by atoms with Crippen LogP contribution in [0.1, 0.15) is 31.7 Å². The first-order valence-electron chi connectivity index (χ1n) is 7.75. The third-order valence-electron chi connectivity index (χ3n) is 4.15. The molecule has 0 atom stereocenters. The van der Waals surface area contributed by atoms with Crippen LogP contribution in [0.5, 0.6) is 0 Å². The smallest absolute Gasteiger partial charge is 0.0366 e. The Labute approximate surface area is 121 Å². The highest BCUT2D eigenvalue weighted by molar-refractivity contribution is 5.86. The normalized spacial score (nSPS) is 15.1. The second-order valence-electron chi connectivity index (χ2n) is 6.08. The third-order valence-corrected chi connectivity index (χ3v) is 4.15. The summed E-state index contributed by atoms with van der Waals surface area (Å²) < 4.78 is 0. The van der Waals surface area contributed by atoms with Gasteiger partial charge >= 0.3 is 0 Å². The van der Waals surface area contributed by atoms with Gasteiger partial charge in [0.2, 0.25) is 0 Å². The van der Waals surface area contributed by atoms with E-state index in [4.69, 9.17) is 5.73 Å². The van der Waals surface area contributed by atoms with Gasteiger partial charge in [-0.25, -0.2) is 0 Å². The fourth-order valence-corrected chi connectivity index (χ4v) is 2.90. The Kier molecular flexibility index (Phi) is 3.93. The lowest BCUT2D eigenvalue weighted by atomic mass is 10.0. The van der Waals surface area contributed by atoms with Crippen molar-refractivity contribution in [1.82, 2.24) is 4.90 Å². The van der Waals surface area contributed by atoms with Crippen molar-refractivity contribution >= 4 is 16.5 Å². The van der Waals surface area contributed by atoms with Gasteiger partial charge in [0, 0.05) is 18.8 Å². The quantitative estimate of drug-likeness (QED) is 0.801. The van der Waals surface area contributed by atoms with Crippen molar-refractivity contribution in [2.75, 3.05) is 18.8 Å². The molecule has 0 aromatic heterocycles. The topological polar surface area (TPSA) is 29.3 Å². The lowest BCUT2D eigenvalue weighted by molar-refractivity contribution is 0.255. The van der Waals surface area contributed by atoms with Crippen molar-refractivity contribution in [3.63, 3.8) is 0 Å². The van der Waals surface area contributed by atoms with E-state index in [0.29, 0.717) is 0 Å². The number of rotatable bonds is 6. The fourth-order valence-electron chi connectivity index (χ4n) is 2.90. The van der Waals surface area contributed by atoms with Crippen LogP contribution in [0.3, 0.4) is 0 Å². The summed E-state index contributed by atoms with van der Waals surface area (Å²) in [7, 11) is 0. The van der Waals surface area contributed by atoms with E-state index in [0.717, 1.165) is 18.2 Å². The minimum Gasteiger partial charge on any atom is -0.398 e. The Morgan fingerprint density at radius 1 is 1.15 bits per heavy atom. The Balaban J connectivity index is 1.82. The molecule has 0 radical (unpaired) electrons. The van der Waals surface area contributed by atoms with Gasteiger partial charge in [0.15, 0.2) is 0 Å². The largest absolute Gasteiger partial charge is 0.398 e. The molecule has 0 aliphatic heterocycles. The first-order valence-corrected chi connectivity index (χ1v) is 7.75. The van der Waals surface area contributed by atoms with Gasteiger partial charge in [0.05, 0.1) is 0 Å². The van der Waals surface area contributed by atoms with Gasteiger partial charge < -0.3 is 5.73 Å². The van der Waals surface area contributed by atoms with Gasteiger partial charge in [0.1, 0.15) is 0 Å². The molecule has 2 nitrogen and oxygen atoms in total. The van der Waals surface area contributed by atoms with Crippen LogP contribution >= 0.6 is 0 Å². The van der Waals surface area contributed by atoms with Gasteiger partial charge in [-0.1, -0.05) is 31.2 Å². The van der Waals surface area contributed by atoms with E-state index >= 15 is 0 Å². The van der Waals surface area contributed by atoms with Crippen LogP contribution in [0, 0.1) is 5.92 Å². The summed E-state index contributed by atoms with van der Waals surface area (Å²) >= 11 is 0. The van der Waals surface area contributed by atoms with Crippen molar-refractivity contribution in [2.45, 2.75) is 32.7 Å². The van der Waals surface area contributed by atoms with Crippen LogP contribution in [0.15, 0.2) is 36.4 Å². The highest BCUT2D eigenvalue weighted by Gasteiger charge is 2.24. The summed E-state index contributed by atoms with van der Waals surface area (Å²) in [6.45, 7) is 5.65. The van der Waals surface area contributed by atoms with E-state index in [2.05, 4.69) is 48.2 Å². The molecular weight excluding hydrogens is 244 g/mol. The molecule has 0 unspecified atom stereocenters. The second-order valence-corrected chi connectivity index (χ2v) is 6.08. The van der Waals surface area contributed by atoms with Crippen molar-refractivity contribution in [3.05, 3.63) is 42.0 Å². The highest BCUT2D eigenvalue weighted by Crippen LogP contribution is 2.31. The summed E-state index contributed by atoms with van der Waals surface area (Å²) in [5, 5.41) is 2.53. The first kappa shape index (κ1) is 13.4. The average Bonchev–Trinajstić information content (AvgIpc) is 3.24. The van der Waals surface area contributed by atoms with E-state index < -0.39 is 0 Å². The second kappa shape index (κ2) is 5.84. The first-order chi connectivity index (χ1) is 9.76. The molecule has 2 heteroatoms. The molecule has 2 N–H and O–H groups in total. The van der Waals surface area contributed by atoms with Gasteiger partial charge in [-0.3, -0.25) is 4.90 Å². The number of benzene rings is 2. The summed E-state index contributed by atoms with van der Waals surface area (Å²) in [5.41, 5.74) is 8.46. The third kappa shape index (κ3) is 3.13. The van der Waals surface area contributed by atoms with Crippen molar-refractivity contribution in [3.8, 4) is 0 Å². The molecule has 1 saturated carbocycles. The molecular formula is C18H24N2. The number of anilines is 1. The maximum atomic E-state index is 6.25. The molecule has 106 valence electrons. The molecule has 2 aromatic carbocycles. The average molecular weight is 268 g/mol. The molecule has 0 saturated heterocycles. The molecule has 1 fully saturated rings. The van der Waals surface area contributed by atoms with Crippen LogP contribution in [-0.2, 0) is 6.54 Å². The van der Waals surface area contributed by atoms with E-state index in [-0.39, 0.29) is 0 Å². The zero-order valence-corrected chi connectivity index (χ0v) is 12.3. The van der Waals surface area contributed by atoms with Crippen LogP contribution in [0.25, 0.3) is 10.8 Å². The van der Waals surface area contributed by atoms with E-state index in [1.54, 1.807) is 0 Å².